The molecule has 128 valence electrons. The number of nitrogens with zero attached hydrogens (tertiary/aromatic N) is 3. The Bertz CT molecular complexity index is 758. The van der Waals surface area contributed by atoms with Gasteiger partial charge in [-0.2, -0.15) is 5.10 Å². The summed E-state index contributed by atoms with van der Waals surface area (Å²) < 4.78 is 1.90. The molecule has 5 heteroatoms. The highest BCUT2D eigenvalue weighted by molar-refractivity contribution is 7.20. The van der Waals surface area contributed by atoms with Gasteiger partial charge in [0.2, 0.25) is 0 Å². The summed E-state index contributed by atoms with van der Waals surface area (Å²) in [5.41, 5.74) is 1.01. The third-order valence-electron chi connectivity index (χ3n) is 6.85. The second-order valence-electron chi connectivity index (χ2n) is 8.38. The number of hydrogen-bond acceptors (Lipinski definition) is 3. The van der Waals surface area contributed by atoms with Gasteiger partial charge in [-0.25, -0.2) is 0 Å². The minimum atomic E-state index is 0.216. The van der Waals surface area contributed by atoms with Crippen molar-refractivity contribution >= 4 is 27.5 Å². The summed E-state index contributed by atoms with van der Waals surface area (Å²) in [7, 11) is 4.01. The van der Waals surface area contributed by atoms with E-state index in [2.05, 4.69) is 16.1 Å². The van der Waals surface area contributed by atoms with Gasteiger partial charge in [-0.3, -0.25) is 9.48 Å². The molecule has 2 aromatic heterocycles. The minimum absolute atomic E-state index is 0.216. The van der Waals surface area contributed by atoms with Crippen molar-refractivity contribution in [3.05, 3.63) is 16.6 Å². The van der Waals surface area contributed by atoms with Crippen LogP contribution in [0.2, 0.25) is 0 Å². The van der Waals surface area contributed by atoms with Crippen molar-refractivity contribution in [3.63, 3.8) is 0 Å². The molecular formula is C19H25N3OS. The summed E-state index contributed by atoms with van der Waals surface area (Å²) in [5, 5.41) is 5.58. The lowest BCUT2D eigenvalue weighted by Crippen LogP contribution is -2.56. The third-order valence-corrected chi connectivity index (χ3v) is 8.04. The van der Waals surface area contributed by atoms with E-state index in [9.17, 15) is 4.79 Å². The molecule has 0 unspecified atom stereocenters. The van der Waals surface area contributed by atoms with Gasteiger partial charge in [0.15, 0.2) is 0 Å². The average Bonchev–Trinajstić information content (AvgIpc) is 3.07. The minimum Gasteiger partial charge on any atom is -0.337 e. The zero-order valence-corrected chi connectivity index (χ0v) is 15.5. The Hall–Kier alpha value is -1.36. The molecule has 4 fully saturated rings. The highest BCUT2D eigenvalue weighted by atomic mass is 32.1. The fraction of sp³-hybridized carbons (Fsp3) is 0.684. The molecule has 0 atom stereocenters. The fourth-order valence-electron chi connectivity index (χ4n) is 6.15. The Morgan fingerprint density at radius 3 is 2.42 bits per heavy atom. The van der Waals surface area contributed by atoms with Gasteiger partial charge in [0.1, 0.15) is 4.83 Å². The molecule has 0 radical (unpaired) electrons. The van der Waals surface area contributed by atoms with Crippen LogP contribution in [0.15, 0.2) is 6.07 Å². The first-order valence-electron chi connectivity index (χ1n) is 9.21. The number of aromatic nitrogens is 2. The lowest BCUT2D eigenvalue weighted by Gasteiger charge is -2.56. The molecule has 4 nitrogen and oxygen atoms in total. The Morgan fingerprint density at radius 1 is 1.21 bits per heavy atom. The highest BCUT2D eigenvalue weighted by Gasteiger charge is 2.50. The maximum absolute atomic E-state index is 13.2. The van der Waals surface area contributed by atoms with Gasteiger partial charge in [0.05, 0.1) is 10.6 Å². The summed E-state index contributed by atoms with van der Waals surface area (Å²) in [4.78, 5) is 17.2. The van der Waals surface area contributed by atoms with Crippen molar-refractivity contribution in [1.82, 2.24) is 14.7 Å². The van der Waals surface area contributed by atoms with Gasteiger partial charge >= 0.3 is 0 Å². The number of fused-ring (bicyclic) bond motifs is 1. The molecule has 0 N–H and O–H groups in total. The van der Waals surface area contributed by atoms with E-state index >= 15 is 0 Å². The molecule has 4 saturated carbocycles. The SMILES string of the molecule is Cc1nn(C)c2sc(C(=O)N(C)C3C4CC5CC(C4)CC3C5)cc12. The highest BCUT2D eigenvalue weighted by Crippen LogP contribution is 2.55. The van der Waals surface area contributed by atoms with E-state index in [1.807, 2.05) is 25.7 Å². The molecule has 4 aliphatic carbocycles. The number of rotatable bonds is 2. The monoisotopic (exact) mass is 343 g/mol. The average molecular weight is 343 g/mol. The van der Waals surface area contributed by atoms with Crippen LogP contribution in [-0.2, 0) is 7.05 Å². The first kappa shape index (κ1) is 14.9. The smallest absolute Gasteiger partial charge is 0.264 e. The standard InChI is InChI=1S/C19H25N3OS/c1-10-15-9-16(24-19(15)22(3)20-10)18(23)21(2)17-13-5-11-4-12(7-13)8-14(17)6-11/h9,11-14,17H,4-8H2,1-3H3. The van der Waals surface area contributed by atoms with Crippen molar-refractivity contribution in [3.8, 4) is 0 Å². The zero-order chi connectivity index (χ0) is 16.6. The van der Waals surface area contributed by atoms with Crippen molar-refractivity contribution in [1.29, 1.82) is 0 Å². The van der Waals surface area contributed by atoms with Crippen LogP contribution in [0.4, 0.5) is 0 Å². The molecule has 0 aromatic carbocycles. The van der Waals surface area contributed by atoms with E-state index in [1.54, 1.807) is 11.3 Å². The second-order valence-corrected chi connectivity index (χ2v) is 9.41. The van der Waals surface area contributed by atoms with E-state index in [0.29, 0.717) is 6.04 Å². The molecule has 24 heavy (non-hydrogen) atoms. The van der Waals surface area contributed by atoms with Crippen LogP contribution < -0.4 is 0 Å². The Kier molecular flexibility index (Phi) is 3.16. The molecule has 0 spiro atoms. The summed E-state index contributed by atoms with van der Waals surface area (Å²) in [6, 6.07) is 2.52. The van der Waals surface area contributed by atoms with Gasteiger partial charge in [-0.1, -0.05) is 0 Å². The first-order valence-corrected chi connectivity index (χ1v) is 10.0. The number of hydrogen-bond donors (Lipinski definition) is 0. The predicted molar refractivity (Wildman–Crippen MR) is 96.3 cm³/mol. The molecule has 4 aliphatic rings. The Balaban J connectivity index is 1.44. The van der Waals surface area contributed by atoms with Gasteiger partial charge < -0.3 is 4.90 Å². The quantitative estimate of drug-likeness (QED) is 0.831. The van der Waals surface area contributed by atoms with Crippen molar-refractivity contribution in [2.24, 2.45) is 30.7 Å². The van der Waals surface area contributed by atoms with Crippen molar-refractivity contribution < 1.29 is 4.79 Å². The number of carbonyl (C=O) groups is 1. The lowest BCUT2D eigenvalue weighted by atomic mass is 9.54. The van der Waals surface area contributed by atoms with Crippen LogP contribution in [0.1, 0.15) is 47.5 Å². The van der Waals surface area contributed by atoms with Crippen molar-refractivity contribution in [2.75, 3.05) is 7.05 Å². The van der Waals surface area contributed by atoms with Crippen molar-refractivity contribution in [2.45, 2.75) is 45.1 Å². The van der Waals surface area contributed by atoms with Gasteiger partial charge in [-0.15, -0.1) is 11.3 Å². The number of amides is 1. The molecule has 2 heterocycles. The summed E-state index contributed by atoms with van der Waals surface area (Å²) >= 11 is 1.59. The van der Waals surface area contributed by atoms with E-state index in [0.717, 1.165) is 44.5 Å². The van der Waals surface area contributed by atoms with Gasteiger partial charge in [0.25, 0.3) is 5.91 Å². The van der Waals surface area contributed by atoms with Crippen LogP contribution in [-0.4, -0.2) is 33.7 Å². The number of aryl methyl sites for hydroxylation is 2. The van der Waals surface area contributed by atoms with E-state index < -0.39 is 0 Å². The fourth-order valence-corrected chi connectivity index (χ4v) is 7.25. The summed E-state index contributed by atoms with van der Waals surface area (Å²) in [5.74, 6) is 3.60. The molecule has 0 saturated heterocycles. The van der Waals surface area contributed by atoms with Crippen LogP contribution in [0.25, 0.3) is 10.2 Å². The third kappa shape index (κ3) is 2.03. The topological polar surface area (TPSA) is 38.1 Å². The maximum atomic E-state index is 13.2. The summed E-state index contributed by atoms with van der Waals surface area (Å²) in [6.45, 7) is 2.02. The number of thiophene rings is 1. The van der Waals surface area contributed by atoms with Crippen LogP contribution in [0.5, 0.6) is 0 Å². The zero-order valence-electron chi connectivity index (χ0n) is 14.7. The molecule has 1 amide bonds. The molecule has 4 bridgehead atoms. The predicted octanol–water partition coefficient (Wildman–Crippen LogP) is 3.84. The maximum Gasteiger partial charge on any atom is 0.264 e. The largest absolute Gasteiger partial charge is 0.337 e. The first-order chi connectivity index (χ1) is 11.5. The second kappa shape index (κ2) is 5.07. The molecule has 2 aromatic rings. The normalized spacial score (nSPS) is 34.2. The molecular weight excluding hydrogens is 318 g/mol. The van der Waals surface area contributed by atoms with Crippen LogP contribution in [0, 0.1) is 30.6 Å². The Labute approximate surface area is 146 Å². The van der Waals surface area contributed by atoms with E-state index in [1.165, 1.54) is 32.1 Å². The summed E-state index contributed by atoms with van der Waals surface area (Å²) in [6.07, 6.45) is 6.87. The molecule has 0 aliphatic heterocycles. The van der Waals surface area contributed by atoms with Gasteiger partial charge in [0, 0.05) is 25.5 Å². The Morgan fingerprint density at radius 2 is 1.83 bits per heavy atom. The van der Waals surface area contributed by atoms with Gasteiger partial charge in [-0.05, 0) is 68.8 Å². The number of carbonyl (C=O) groups excluding carboxylic acids is 1. The van der Waals surface area contributed by atoms with Crippen LogP contribution >= 0.6 is 11.3 Å². The van der Waals surface area contributed by atoms with E-state index in [4.69, 9.17) is 0 Å². The van der Waals surface area contributed by atoms with Crippen LogP contribution in [0.3, 0.4) is 0 Å². The molecule has 6 rings (SSSR count). The lowest BCUT2D eigenvalue weighted by molar-refractivity contribution is -0.0489. The van der Waals surface area contributed by atoms with E-state index in [-0.39, 0.29) is 5.91 Å².